The van der Waals surface area contributed by atoms with Gasteiger partial charge in [0.25, 0.3) is 0 Å². The van der Waals surface area contributed by atoms with Gasteiger partial charge in [-0.05, 0) is 24.1 Å². The van der Waals surface area contributed by atoms with E-state index >= 15 is 0 Å². The van der Waals surface area contributed by atoms with Gasteiger partial charge in [0.2, 0.25) is 0 Å². The number of nitrogens with zero attached hydrogens (tertiary/aromatic N) is 1. The van der Waals surface area contributed by atoms with Crippen LogP contribution < -0.4 is 5.32 Å². The second-order valence-electron chi connectivity index (χ2n) is 3.38. The molecule has 0 saturated carbocycles. The van der Waals surface area contributed by atoms with Gasteiger partial charge in [-0.3, -0.25) is 0 Å². The van der Waals surface area contributed by atoms with Gasteiger partial charge in [-0.2, -0.15) is 0 Å². The van der Waals surface area contributed by atoms with Crippen molar-refractivity contribution in [3.63, 3.8) is 0 Å². The molecular weight excluding hydrogens is 176 g/mol. The summed E-state index contributed by atoms with van der Waals surface area (Å²) in [4.78, 5) is 12.8. The largest absolute Gasteiger partial charge is 0.331 e. The van der Waals surface area contributed by atoms with Crippen molar-refractivity contribution in [3.05, 3.63) is 29.8 Å². The molecule has 0 heterocycles. The normalized spacial score (nSPS) is 9.64. The van der Waals surface area contributed by atoms with Crippen molar-refractivity contribution in [3.8, 4) is 0 Å². The van der Waals surface area contributed by atoms with E-state index in [-0.39, 0.29) is 6.03 Å². The van der Waals surface area contributed by atoms with Crippen LogP contribution in [0.4, 0.5) is 10.5 Å². The molecular formula is C11H16N2O. The van der Waals surface area contributed by atoms with E-state index in [0.29, 0.717) is 0 Å². The SMILES string of the molecule is CCc1cccc(NC(=O)N(C)C)c1. The average molecular weight is 192 g/mol. The summed E-state index contributed by atoms with van der Waals surface area (Å²) in [5, 5.41) is 2.80. The smallest absolute Gasteiger partial charge is 0.321 e. The van der Waals surface area contributed by atoms with Crippen LogP contribution in [0.5, 0.6) is 0 Å². The van der Waals surface area contributed by atoms with Gasteiger partial charge >= 0.3 is 6.03 Å². The molecule has 0 aromatic heterocycles. The van der Waals surface area contributed by atoms with Gasteiger partial charge in [0.05, 0.1) is 0 Å². The predicted octanol–water partition coefficient (Wildman–Crippen LogP) is 2.34. The first kappa shape index (κ1) is 10.6. The van der Waals surface area contributed by atoms with Crippen molar-refractivity contribution < 1.29 is 4.79 Å². The van der Waals surface area contributed by atoms with E-state index in [4.69, 9.17) is 0 Å². The van der Waals surface area contributed by atoms with Crippen LogP contribution in [0.15, 0.2) is 24.3 Å². The Balaban J connectivity index is 2.72. The highest BCUT2D eigenvalue weighted by atomic mass is 16.2. The molecule has 3 nitrogen and oxygen atoms in total. The number of hydrogen-bond acceptors (Lipinski definition) is 1. The Kier molecular flexibility index (Phi) is 3.51. The number of benzene rings is 1. The summed E-state index contributed by atoms with van der Waals surface area (Å²) < 4.78 is 0. The lowest BCUT2D eigenvalue weighted by atomic mass is 10.1. The van der Waals surface area contributed by atoms with Crippen molar-refractivity contribution >= 4 is 11.7 Å². The molecule has 76 valence electrons. The Morgan fingerprint density at radius 2 is 2.14 bits per heavy atom. The Morgan fingerprint density at radius 3 is 2.71 bits per heavy atom. The quantitative estimate of drug-likeness (QED) is 0.766. The molecule has 1 aromatic carbocycles. The monoisotopic (exact) mass is 192 g/mol. The zero-order chi connectivity index (χ0) is 10.6. The zero-order valence-electron chi connectivity index (χ0n) is 8.87. The minimum Gasteiger partial charge on any atom is -0.331 e. The number of amides is 2. The molecule has 0 bridgehead atoms. The van der Waals surface area contributed by atoms with Crippen LogP contribution in [0.2, 0.25) is 0 Å². The molecule has 1 N–H and O–H groups in total. The van der Waals surface area contributed by atoms with Crippen LogP contribution in [0.1, 0.15) is 12.5 Å². The van der Waals surface area contributed by atoms with Gasteiger partial charge < -0.3 is 10.2 Å². The van der Waals surface area contributed by atoms with E-state index in [1.54, 1.807) is 14.1 Å². The Hall–Kier alpha value is -1.51. The Morgan fingerprint density at radius 1 is 1.43 bits per heavy atom. The molecule has 0 atom stereocenters. The van der Waals surface area contributed by atoms with Crippen molar-refractivity contribution in [2.24, 2.45) is 0 Å². The molecule has 14 heavy (non-hydrogen) atoms. The first-order chi connectivity index (χ1) is 6.63. The lowest BCUT2D eigenvalue weighted by Gasteiger charge is -2.12. The predicted molar refractivity (Wildman–Crippen MR) is 58.5 cm³/mol. The molecule has 1 rings (SSSR count). The topological polar surface area (TPSA) is 32.3 Å². The second kappa shape index (κ2) is 4.65. The summed E-state index contributed by atoms with van der Waals surface area (Å²) in [6.45, 7) is 2.09. The minimum atomic E-state index is -0.0988. The highest BCUT2D eigenvalue weighted by Gasteiger charge is 2.03. The molecule has 0 unspecified atom stereocenters. The fourth-order valence-electron chi connectivity index (χ4n) is 1.10. The third-order valence-corrected chi connectivity index (χ3v) is 1.99. The van der Waals surface area contributed by atoms with Crippen molar-refractivity contribution in [1.29, 1.82) is 0 Å². The number of hydrogen-bond donors (Lipinski definition) is 1. The van der Waals surface area contributed by atoms with Gasteiger partial charge in [-0.15, -0.1) is 0 Å². The van der Waals surface area contributed by atoms with E-state index in [0.717, 1.165) is 12.1 Å². The number of anilines is 1. The summed E-state index contributed by atoms with van der Waals surface area (Å²) in [6.07, 6.45) is 0.978. The Labute approximate surface area is 84.7 Å². The molecule has 0 radical (unpaired) electrons. The summed E-state index contributed by atoms with van der Waals surface area (Å²) >= 11 is 0. The van der Waals surface area contributed by atoms with E-state index in [9.17, 15) is 4.79 Å². The number of aryl methyl sites for hydroxylation is 1. The van der Waals surface area contributed by atoms with Gasteiger partial charge in [-0.1, -0.05) is 19.1 Å². The summed E-state index contributed by atoms with van der Waals surface area (Å²) in [5.41, 5.74) is 2.07. The van der Waals surface area contributed by atoms with Crippen molar-refractivity contribution in [2.45, 2.75) is 13.3 Å². The second-order valence-corrected chi connectivity index (χ2v) is 3.38. The maximum atomic E-state index is 11.3. The number of carbonyl (C=O) groups is 1. The first-order valence-corrected chi connectivity index (χ1v) is 4.70. The molecule has 1 aromatic rings. The summed E-state index contributed by atoms with van der Waals surface area (Å²) in [6, 6.07) is 7.77. The lowest BCUT2D eigenvalue weighted by molar-refractivity contribution is 0.230. The highest BCUT2D eigenvalue weighted by Crippen LogP contribution is 2.11. The maximum absolute atomic E-state index is 11.3. The number of nitrogens with one attached hydrogen (secondary N) is 1. The highest BCUT2D eigenvalue weighted by molar-refractivity contribution is 5.88. The molecule has 0 aliphatic rings. The fraction of sp³-hybridized carbons (Fsp3) is 0.364. The fourth-order valence-corrected chi connectivity index (χ4v) is 1.10. The van der Waals surface area contributed by atoms with E-state index in [1.807, 2.05) is 24.3 Å². The standard InChI is InChI=1S/C11H16N2O/c1-4-9-6-5-7-10(8-9)12-11(14)13(2)3/h5-8H,4H2,1-3H3,(H,12,14). The maximum Gasteiger partial charge on any atom is 0.321 e. The summed E-state index contributed by atoms with van der Waals surface area (Å²) in [7, 11) is 3.44. The summed E-state index contributed by atoms with van der Waals surface area (Å²) in [5.74, 6) is 0. The number of urea groups is 1. The van der Waals surface area contributed by atoms with Crippen molar-refractivity contribution in [1.82, 2.24) is 4.90 Å². The molecule has 0 aliphatic carbocycles. The third-order valence-electron chi connectivity index (χ3n) is 1.99. The van der Waals surface area contributed by atoms with Crippen LogP contribution >= 0.6 is 0 Å². The van der Waals surface area contributed by atoms with Gasteiger partial charge in [0.1, 0.15) is 0 Å². The van der Waals surface area contributed by atoms with E-state index in [1.165, 1.54) is 10.5 Å². The molecule has 0 fully saturated rings. The van der Waals surface area contributed by atoms with Gasteiger partial charge in [-0.25, -0.2) is 4.79 Å². The number of rotatable bonds is 2. The van der Waals surface area contributed by atoms with Crippen LogP contribution in [0.25, 0.3) is 0 Å². The van der Waals surface area contributed by atoms with E-state index < -0.39 is 0 Å². The minimum absolute atomic E-state index is 0.0988. The molecule has 0 spiro atoms. The van der Waals surface area contributed by atoms with Crippen LogP contribution in [0.3, 0.4) is 0 Å². The number of carbonyl (C=O) groups excluding carboxylic acids is 1. The third kappa shape index (κ3) is 2.76. The van der Waals surface area contributed by atoms with Gasteiger partial charge in [0.15, 0.2) is 0 Å². The van der Waals surface area contributed by atoms with E-state index in [2.05, 4.69) is 12.2 Å². The van der Waals surface area contributed by atoms with Crippen molar-refractivity contribution in [2.75, 3.05) is 19.4 Å². The zero-order valence-corrected chi connectivity index (χ0v) is 8.87. The molecule has 0 saturated heterocycles. The molecule has 2 amide bonds. The Bertz CT molecular complexity index is 321. The van der Waals surface area contributed by atoms with Gasteiger partial charge in [0, 0.05) is 19.8 Å². The van der Waals surface area contributed by atoms with Crippen LogP contribution in [-0.2, 0) is 6.42 Å². The van der Waals surface area contributed by atoms with Crippen LogP contribution in [0, 0.1) is 0 Å². The van der Waals surface area contributed by atoms with Crippen LogP contribution in [-0.4, -0.2) is 25.0 Å². The average Bonchev–Trinajstić information content (AvgIpc) is 2.18. The molecule has 0 aliphatic heterocycles. The lowest BCUT2D eigenvalue weighted by Crippen LogP contribution is -2.27. The molecule has 3 heteroatoms. The first-order valence-electron chi connectivity index (χ1n) is 4.70.